The van der Waals surface area contributed by atoms with E-state index in [2.05, 4.69) is 16.0 Å². The van der Waals surface area contributed by atoms with Gasteiger partial charge in [0.05, 0.1) is 24.2 Å². The highest BCUT2D eigenvalue weighted by Crippen LogP contribution is 2.40. The molecule has 0 atom stereocenters. The molecule has 4 aromatic rings. The second-order valence-electron chi connectivity index (χ2n) is 11.5. The molecule has 43 heavy (non-hydrogen) atoms. The van der Waals surface area contributed by atoms with Gasteiger partial charge in [-0.3, -0.25) is 24.3 Å². The Kier molecular flexibility index (Phi) is 8.68. The Morgan fingerprint density at radius 2 is 1.81 bits per heavy atom. The van der Waals surface area contributed by atoms with Crippen molar-refractivity contribution in [3.05, 3.63) is 82.7 Å². The molecule has 0 N–H and O–H groups in total. The number of ether oxygens (including phenoxy) is 1. The van der Waals surface area contributed by atoms with Gasteiger partial charge in [-0.2, -0.15) is 0 Å². The number of aryl methyl sites for hydroxylation is 1. The lowest BCUT2D eigenvalue weighted by Gasteiger charge is -2.27. The van der Waals surface area contributed by atoms with Gasteiger partial charge in [-0.15, -0.1) is 0 Å². The number of pyridine rings is 2. The van der Waals surface area contributed by atoms with E-state index >= 15 is 0 Å². The van der Waals surface area contributed by atoms with Crippen molar-refractivity contribution < 1.29 is 18.7 Å². The van der Waals surface area contributed by atoms with E-state index in [1.807, 2.05) is 56.6 Å². The number of hydrogen-bond donors (Lipinski definition) is 0. The van der Waals surface area contributed by atoms with Crippen LogP contribution in [-0.4, -0.2) is 59.6 Å². The minimum atomic E-state index is -1.16. The van der Waals surface area contributed by atoms with Crippen LogP contribution in [0.1, 0.15) is 38.4 Å². The lowest BCUT2D eigenvalue weighted by Crippen LogP contribution is -2.47. The van der Waals surface area contributed by atoms with Gasteiger partial charge in [0.2, 0.25) is 11.8 Å². The summed E-state index contributed by atoms with van der Waals surface area (Å²) in [5.74, 6) is 0.172. The van der Waals surface area contributed by atoms with Gasteiger partial charge in [0.15, 0.2) is 5.58 Å². The molecule has 0 saturated heterocycles. The Bertz CT molecular complexity index is 1690. The number of anilines is 2. The third-order valence-electron chi connectivity index (χ3n) is 8.03. The predicted octanol–water partition coefficient (Wildman–Crippen LogP) is 4.62. The SMILES string of the molecule is CCN1C(=O)C(C)(C)C(=O)N(C)c2cc(OCCCN(CCn3ccc4ccoc4c3=O)Cc3ccnc(C)c3)ccc21. The fourth-order valence-corrected chi connectivity index (χ4v) is 5.60. The molecule has 5 rings (SSSR count). The Morgan fingerprint density at radius 3 is 2.58 bits per heavy atom. The van der Waals surface area contributed by atoms with Gasteiger partial charge in [0.1, 0.15) is 11.2 Å². The summed E-state index contributed by atoms with van der Waals surface area (Å²) in [5, 5.41) is 0.800. The number of furan rings is 1. The van der Waals surface area contributed by atoms with Crippen LogP contribution < -0.4 is 20.1 Å². The predicted molar refractivity (Wildman–Crippen MR) is 166 cm³/mol. The maximum absolute atomic E-state index is 13.2. The smallest absolute Gasteiger partial charge is 0.294 e. The Labute approximate surface area is 251 Å². The number of carbonyl (C=O) groups is 2. The molecule has 10 heteroatoms. The number of nitrogens with zero attached hydrogens (tertiary/aromatic N) is 5. The molecule has 4 heterocycles. The fraction of sp³-hybridized carbons (Fsp3) is 0.394. The van der Waals surface area contributed by atoms with Crippen LogP contribution in [-0.2, 0) is 22.7 Å². The molecule has 226 valence electrons. The van der Waals surface area contributed by atoms with E-state index in [0.29, 0.717) is 55.5 Å². The van der Waals surface area contributed by atoms with Gasteiger partial charge in [0, 0.05) is 69.3 Å². The monoisotopic (exact) mass is 585 g/mol. The summed E-state index contributed by atoms with van der Waals surface area (Å²) in [6.07, 6.45) is 5.91. The number of fused-ring (bicyclic) bond motifs is 2. The van der Waals surface area contributed by atoms with Crippen molar-refractivity contribution in [1.82, 2.24) is 14.5 Å². The van der Waals surface area contributed by atoms with Crippen molar-refractivity contribution in [2.75, 3.05) is 43.1 Å². The lowest BCUT2D eigenvalue weighted by molar-refractivity contribution is -0.137. The van der Waals surface area contributed by atoms with E-state index in [9.17, 15) is 14.4 Å². The van der Waals surface area contributed by atoms with Crippen LogP contribution in [0, 0.1) is 12.3 Å². The normalized spacial score (nSPS) is 14.8. The summed E-state index contributed by atoms with van der Waals surface area (Å²) in [5.41, 5.74) is 2.53. The van der Waals surface area contributed by atoms with E-state index in [1.165, 1.54) is 6.26 Å². The van der Waals surface area contributed by atoms with Gasteiger partial charge in [-0.25, -0.2) is 0 Å². The van der Waals surface area contributed by atoms with Crippen molar-refractivity contribution in [2.45, 2.75) is 47.2 Å². The number of aromatic nitrogens is 2. The van der Waals surface area contributed by atoms with Gasteiger partial charge in [0.25, 0.3) is 5.56 Å². The van der Waals surface area contributed by atoms with Gasteiger partial charge >= 0.3 is 0 Å². The third kappa shape index (κ3) is 6.19. The van der Waals surface area contributed by atoms with E-state index in [0.717, 1.165) is 29.6 Å². The largest absolute Gasteiger partial charge is 0.493 e. The summed E-state index contributed by atoms with van der Waals surface area (Å²) in [6.45, 7) is 10.8. The van der Waals surface area contributed by atoms with E-state index < -0.39 is 5.41 Å². The first-order chi connectivity index (χ1) is 20.6. The molecule has 0 saturated carbocycles. The molecule has 0 aliphatic carbocycles. The van der Waals surface area contributed by atoms with Crippen molar-refractivity contribution in [2.24, 2.45) is 5.41 Å². The zero-order chi connectivity index (χ0) is 30.7. The molecule has 1 aromatic carbocycles. The van der Waals surface area contributed by atoms with Crippen LogP contribution >= 0.6 is 0 Å². The molecule has 0 spiro atoms. The molecule has 2 amide bonds. The molecule has 0 unspecified atom stereocenters. The van der Waals surface area contributed by atoms with Crippen molar-refractivity contribution in [3.8, 4) is 5.75 Å². The highest BCUT2D eigenvalue weighted by Gasteiger charge is 2.45. The number of hydrogen-bond acceptors (Lipinski definition) is 7. The molecule has 3 aromatic heterocycles. The van der Waals surface area contributed by atoms with Gasteiger partial charge < -0.3 is 23.5 Å². The number of carbonyl (C=O) groups excluding carboxylic acids is 2. The summed E-state index contributed by atoms with van der Waals surface area (Å²) >= 11 is 0. The summed E-state index contributed by atoms with van der Waals surface area (Å²) in [4.78, 5) is 49.0. The van der Waals surface area contributed by atoms with Gasteiger partial charge in [-0.1, -0.05) is 0 Å². The van der Waals surface area contributed by atoms with Crippen LogP contribution in [0.2, 0.25) is 0 Å². The minimum absolute atomic E-state index is 0.135. The number of benzene rings is 1. The van der Waals surface area contributed by atoms with E-state index in [-0.39, 0.29) is 17.4 Å². The fourth-order valence-electron chi connectivity index (χ4n) is 5.60. The molecule has 0 radical (unpaired) electrons. The van der Waals surface area contributed by atoms with Crippen LogP contribution in [0.15, 0.2) is 70.3 Å². The Balaban J connectivity index is 1.26. The summed E-state index contributed by atoms with van der Waals surface area (Å²) in [6, 6.07) is 13.3. The van der Waals surface area contributed by atoms with Crippen molar-refractivity contribution in [1.29, 1.82) is 0 Å². The van der Waals surface area contributed by atoms with Crippen LogP contribution in [0.4, 0.5) is 11.4 Å². The maximum Gasteiger partial charge on any atom is 0.294 e. The first-order valence-electron chi connectivity index (χ1n) is 14.7. The zero-order valence-electron chi connectivity index (χ0n) is 25.5. The first-order valence-corrected chi connectivity index (χ1v) is 14.7. The minimum Gasteiger partial charge on any atom is -0.493 e. The standard InChI is InChI=1S/C33H39N5O5/c1-6-38-27-9-8-26(21-28(27)35(5)31(40)33(3,4)32(38)41)42-18-7-14-36(22-24-10-13-34-23(2)20-24)16-17-37-15-11-25-12-19-43-29(25)30(37)39/h8-13,15,19-21H,6-7,14,16-18,22H2,1-5H3. The Morgan fingerprint density at radius 1 is 1.00 bits per heavy atom. The third-order valence-corrected chi connectivity index (χ3v) is 8.03. The highest BCUT2D eigenvalue weighted by atomic mass is 16.5. The van der Waals surface area contributed by atoms with Gasteiger partial charge in [-0.05, 0) is 76.1 Å². The van der Waals surface area contributed by atoms with Crippen LogP contribution in [0.5, 0.6) is 5.75 Å². The Hall–Kier alpha value is -4.44. The average molecular weight is 586 g/mol. The van der Waals surface area contributed by atoms with E-state index in [4.69, 9.17) is 9.15 Å². The number of amides is 2. The number of rotatable bonds is 11. The van der Waals surface area contributed by atoms with E-state index in [1.54, 1.807) is 41.3 Å². The molecule has 0 bridgehead atoms. The van der Waals surface area contributed by atoms with Crippen LogP contribution in [0.25, 0.3) is 11.0 Å². The second-order valence-corrected chi connectivity index (χ2v) is 11.5. The lowest BCUT2D eigenvalue weighted by atomic mass is 9.90. The second kappa shape index (κ2) is 12.4. The molecule has 10 nitrogen and oxygen atoms in total. The molecule has 1 aliphatic heterocycles. The quantitative estimate of drug-likeness (QED) is 0.187. The topological polar surface area (TPSA) is 101 Å². The summed E-state index contributed by atoms with van der Waals surface area (Å²) in [7, 11) is 1.70. The highest BCUT2D eigenvalue weighted by molar-refractivity contribution is 6.20. The zero-order valence-corrected chi connectivity index (χ0v) is 25.5. The molecule has 0 fully saturated rings. The van der Waals surface area contributed by atoms with Crippen molar-refractivity contribution >= 4 is 34.2 Å². The van der Waals surface area contributed by atoms with Crippen LogP contribution in [0.3, 0.4) is 0 Å². The average Bonchev–Trinajstić information content (AvgIpc) is 3.47. The maximum atomic E-state index is 13.2. The summed E-state index contributed by atoms with van der Waals surface area (Å²) < 4.78 is 13.2. The van der Waals surface area contributed by atoms with Crippen molar-refractivity contribution in [3.63, 3.8) is 0 Å². The molecule has 1 aliphatic rings. The molecular weight excluding hydrogens is 546 g/mol. The molecular formula is C33H39N5O5. The first kappa shape index (κ1) is 30.0.